The Hall–Kier alpha value is -1.81. The van der Waals surface area contributed by atoms with Crippen molar-refractivity contribution in [3.05, 3.63) is 34.5 Å². The van der Waals surface area contributed by atoms with Gasteiger partial charge in [-0.25, -0.2) is 0 Å². The van der Waals surface area contributed by atoms with Crippen LogP contribution in [0.3, 0.4) is 0 Å². The first-order chi connectivity index (χ1) is 8.88. The van der Waals surface area contributed by atoms with Crippen LogP contribution in [0.2, 0.25) is 5.02 Å². The van der Waals surface area contributed by atoms with Gasteiger partial charge >= 0.3 is 5.97 Å². The van der Waals surface area contributed by atoms with Crippen molar-refractivity contribution in [2.45, 2.75) is 20.3 Å². The van der Waals surface area contributed by atoms with Crippen LogP contribution in [-0.4, -0.2) is 16.9 Å². The number of ketones is 1. The molecular weight excluding hydrogens is 268 g/mol. The second kappa shape index (κ2) is 5.05. The van der Waals surface area contributed by atoms with Crippen molar-refractivity contribution in [3.8, 4) is 0 Å². The number of aryl methyl sites for hydroxylation is 1. The zero-order valence-electron chi connectivity index (χ0n) is 10.6. The highest BCUT2D eigenvalue weighted by molar-refractivity contribution is 6.35. The highest BCUT2D eigenvalue weighted by Gasteiger charge is 2.18. The van der Waals surface area contributed by atoms with Crippen molar-refractivity contribution in [2.24, 2.45) is 5.92 Å². The Morgan fingerprint density at radius 1 is 1.37 bits per heavy atom. The van der Waals surface area contributed by atoms with Gasteiger partial charge in [-0.15, -0.1) is 0 Å². The molecule has 1 heterocycles. The molecule has 1 aromatic carbocycles. The van der Waals surface area contributed by atoms with Gasteiger partial charge in [0.1, 0.15) is 5.76 Å². The molecule has 1 atom stereocenters. The Kier molecular flexibility index (Phi) is 3.62. The number of halogens is 1. The predicted octanol–water partition coefficient (Wildman–Crippen LogP) is 3.69. The van der Waals surface area contributed by atoms with Crippen LogP contribution < -0.4 is 0 Å². The van der Waals surface area contributed by atoms with Gasteiger partial charge in [-0.1, -0.05) is 18.5 Å². The standard InChI is InChI=1S/C14H13ClO4/c1-7(14(17)18)3-12(16)9-5-10-4-8(2)19-13(10)11(15)6-9/h4-7H,3H2,1-2H3,(H,17,18). The summed E-state index contributed by atoms with van der Waals surface area (Å²) in [4.78, 5) is 22.8. The molecule has 2 rings (SSSR count). The Bertz CT molecular complexity index is 657. The van der Waals surface area contributed by atoms with Crippen LogP contribution in [0.25, 0.3) is 11.0 Å². The van der Waals surface area contributed by atoms with E-state index < -0.39 is 11.9 Å². The van der Waals surface area contributed by atoms with E-state index in [1.807, 2.05) is 0 Å². The highest BCUT2D eigenvalue weighted by atomic mass is 35.5. The fourth-order valence-corrected chi connectivity index (χ4v) is 2.15. The number of fused-ring (bicyclic) bond motifs is 1. The molecule has 0 aliphatic heterocycles. The smallest absolute Gasteiger partial charge is 0.306 e. The normalized spacial score (nSPS) is 12.6. The van der Waals surface area contributed by atoms with E-state index in [-0.39, 0.29) is 12.2 Å². The van der Waals surface area contributed by atoms with Crippen LogP contribution in [0, 0.1) is 12.8 Å². The molecule has 1 N–H and O–H groups in total. The van der Waals surface area contributed by atoms with Crippen LogP contribution in [0.5, 0.6) is 0 Å². The number of benzene rings is 1. The average molecular weight is 281 g/mol. The summed E-state index contributed by atoms with van der Waals surface area (Å²) in [5.41, 5.74) is 0.952. The van der Waals surface area contributed by atoms with Gasteiger partial charge in [0.25, 0.3) is 0 Å². The lowest BCUT2D eigenvalue weighted by molar-refractivity contribution is -0.141. The highest BCUT2D eigenvalue weighted by Crippen LogP contribution is 2.29. The zero-order valence-corrected chi connectivity index (χ0v) is 11.3. The van der Waals surface area contributed by atoms with Crippen molar-refractivity contribution in [1.29, 1.82) is 0 Å². The van der Waals surface area contributed by atoms with Gasteiger partial charge < -0.3 is 9.52 Å². The molecule has 0 fully saturated rings. The van der Waals surface area contributed by atoms with E-state index >= 15 is 0 Å². The summed E-state index contributed by atoms with van der Waals surface area (Å²) in [5.74, 6) is -1.23. The van der Waals surface area contributed by atoms with Gasteiger partial charge in [-0.2, -0.15) is 0 Å². The number of carbonyl (C=O) groups is 2. The third kappa shape index (κ3) is 2.79. The fourth-order valence-electron chi connectivity index (χ4n) is 1.88. The maximum atomic E-state index is 12.0. The lowest BCUT2D eigenvalue weighted by Crippen LogP contribution is -2.14. The van der Waals surface area contributed by atoms with Crippen molar-refractivity contribution < 1.29 is 19.1 Å². The first kappa shape index (κ1) is 13.6. The van der Waals surface area contributed by atoms with Gasteiger partial charge in [0, 0.05) is 17.4 Å². The van der Waals surface area contributed by atoms with E-state index in [0.717, 1.165) is 5.39 Å². The summed E-state index contributed by atoms with van der Waals surface area (Å²) < 4.78 is 5.42. The number of Topliss-reactive ketones (excluding diaryl/α,β-unsaturated/α-hetero) is 1. The van der Waals surface area contributed by atoms with Gasteiger partial charge in [0.05, 0.1) is 10.9 Å². The van der Waals surface area contributed by atoms with E-state index in [1.165, 1.54) is 13.0 Å². The van der Waals surface area contributed by atoms with Crippen molar-refractivity contribution >= 4 is 34.3 Å². The number of furan rings is 1. The number of hydrogen-bond donors (Lipinski definition) is 1. The molecule has 0 saturated heterocycles. The molecule has 100 valence electrons. The maximum Gasteiger partial charge on any atom is 0.306 e. The summed E-state index contributed by atoms with van der Waals surface area (Å²) in [6.45, 7) is 3.30. The van der Waals surface area contributed by atoms with E-state index in [9.17, 15) is 9.59 Å². The Balaban J connectivity index is 2.35. The number of carbonyl (C=O) groups excluding carboxylic acids is 1. The van der Waals surface area contributed by atoms with Gasteiger partial charge in [-0.3, -0.25) is 9.59 Å². The second-order valence-corrected chi connectivity index (χ2v) is 5.01. The summed E-state index contributed by atoms with van der Waals surface area (Å²) in [6, 6.07) is 4.98. The van der Waals surface area contributed by atoms with Crippen molar-refractivity contribution in [2.75, 3.05) is 0 Å². The van der Waals surface area contributed by atoms with E-state index in [0.29, 0.717) is 21.9 Å². The Morgan fingerprint density at radius 3 is 2.68 bits per heavy atom. The van der Waals surface area contributed by atoms with E-state index in [1.54, 1.807) is 19.1 Å². The number of carboxylic acids is 1. The molecule has 1 unspecified atom stereocenters. The summed E-state index contributed by atoms with van der Waals surface area (Å²) in [6.07, 6.45) is -0.0476. The minimum Gasteiger partial charge on any atom is -0.481 e. The van der Waals surface area contributed by atoms with Crippen LogP contribution in [0.4, 0.5) is 0 Å². The molecule has 0 radical (unpaired) electrons. The number of hydrogen-bond acceptors (Lipinski definition) is 3. The number of carboxylic acid groups (broad SMARTS) is 1. The zero-order chi connectivity index (χ0) is 14.2. The van der Waals surface area contributed by atoms with E-state index in [4.69, 9.17) is 21.1 Å². The van der Waals surface area contributed by atoms with Gasteiger partial charge in [0.2, 0.25) is 0 Å². The first-order valence-corrected chi connectivity index (χ1v) is 6.22. The molecule has 2 aromatic rings. The molecule has 0 amide bonds. The van der Waals surface area contributed by atoms with Crippen LogP contribution >= 0.6 is 11.6 Å². The maximum absolute atomic E-state index is 12.0. The number of rotatable bonds is 4. The summed E-state index contributed by atoms with van der Waals surface area (Å²) >= 11 is 6.06. The first-order valence-electron chi connectivity index (χ1n) is 5.84. The van der Waals surface area contributed by atoms with E-state index in [2.05, 4.69) is 0 Å². The molecule has 5 heteroatoms. The predicted molar refractivity (Wildman–Crippen MR) is 71.7 cm³/mol. The largest absolute Gasteiger partial charge is 0.481 e. The molecule has 0 saturated carbocycles. The fraction of sp³-hybridized carbons (Fsp3) is 0.286. The average Bonchev–Trinajstić information content (AvgIpc) is 2.69. The lowest BCUT2D eigenvalue weighted by Gasteiger charge is -2.06. The molecule has 19 heavy (non-hydrogen) atoms. The minimum absolute atomic E-state index is 0.0476. The SMILES string of the molecule is Cc1cc2cc(C(=O)CC(C)C(=O)O)cc(Cl)c2o1. The van der Waals surface area contributed by atoms with Crippen LogP contribution in [-0.2, 0) is 4.79 Å². The topological polar surface area (TPSA) is 67.5 Å². The summed E-state index contributed by atoms with van der Waals surface area (Å²) in [5, 5.41) is 9.92. The third-order valence-corrected chi connectivity index (χ3v) is 3.21. The van der Waals surface area contributed by atoms with Gasteiger partial charge in [0.15, 0.2) is 11.4 Å². The Morgan fingerprint density at radius 2 is 2.05 bits per heavy atom. The molecule has 0 bridgehead atoms. The molecule has 0 spiro atoms. The van der Waals surface area contributed by atoms with Crippen LogP contribution in [0.15, 0.2) is 22.6 Å². The molecule has 0 aliphatic rings. The van der Waals surface area contributed by atoms with Crippen molar-refractivity contribution in [1.82, 2.24) is 0 Å². The second-order valence-electron chi connectivity index (χ2n) is 4.60. The number of aliphatic carboxylic acids is 1. The minimum atomic E-state index is -0.986. The molecule has 1 aromatic heterocycles. The third-order valence-electron chi connectivity index (χ3n) is 2.93. The summed E-state index contributed by atoms with van der Waals surface area (Å²) in [7, 11) is 0. The molecule has 0 aliphatic carbocycles. The quantitative estimate of drug-likeness (QED) is 0.867. The van der Waals surface area contributed by atoms with Crippen molar-refractivity contribution in [3.63, 3.8) is 0 Å². The Labute approximate surface area is 115 Å². The van der Waals surface area contributed by atoms with Crippen LogP contribution in [0.1, 0.15) is 29.5 Å². The monoisotopic (exact) mass is 280 g/mol. The molecule has 4 nitrogen and oxygen atoms in total. The van der Waals surface area contributed by atoms with Gasteiger partial charge in [-0.05, 0) is 25.1 Å². The lowest BCUT2D eigenvalue weighted by atomic mass is 9.99. The molecular formula is C14H13ClO4.